The van der Waals surface area contributed by atoms with Crippen LogP contribution in [0.3, 0.4) is 0 Å². The molecule has 0 aliphatic carbocycles. The number of hydrogen-bond acceptors (Lipinski definition) is 3. The largest absolute Gasteiger partial charge is 0.264 e. The minimum atomic E-state index is 0.422. The Labute approximate surface area is 120 Å². The molecule has 0 amide bonds. The molecule has 3 aromatic rings. The number of halogens is 1. The molecule has 18 heavy (non-hydrogen) atoms. The highest BCUT2D eigenvalue weighted by Gasteiger charge is 2.09. The number of hydrogen-bond donors (Lipinski definition) is 0. The fraction of sp³-hybridized carbons (Fsp3) is 0.182. The molecule has 7 heteroatoms. The Kier molecular flexibility index (Phi) is 3.11. The Morgan fingerprint density at radius 3 is 3.22 bits per heavy atom. The van der Waals surface area contributed by atoms with Crippen LogP contribution in [0.25, 0.3) is 31.4 Å². The first-order valence-corrected chi connectivity index (χ1v) is 7.23. The first kappa shape index (κ1) is 11.8. The molecular formula is C11H8IN5S. The van der Waals surface area contributed by atoms with Crippen molar-refractivity contribution in [1.29, 1.82) is 0 Å². The van der Waals surface area contributed by atoms with Crippen molar-refractivity contribution < 1.29 is 0 Å². The second kappa shape index (κ2) is 4.75. The summed E-state index contributed by atoms with van der Waals surface area (Å²) in [4.78, 5) is 2.77. The molecule has 0 fully saturated rings. The molecule has 2 aromatic heterocycles. The summed E-state index contributed by atoms with van der Waals surface area (Å²) in [6.07, 6.45) is 1.86. The minimum absolute atomic E-state index is 0.422. The third-order valence-electron chi connectivity index (χ3n) is 2.74. The zero-order chi connectivity index (χ0) is 12.5. The van der Waals surface area contributed by atoms with E-state index >= 15 is 0 Å². The molecular weight excluding hydrogens is 361 g/mol. The van der Waals surface area contributed by atoms with Crippen molar-refractivity contribution in [2.45, 2.75) is 6.54 Å². The summed E-state index contributed by atoms with van der Waals surface area (Å²) in [6.45, 7) is 1.03. The zero-order valence-electron chi connectivity index (χ0n) is 9.25. The van der Waals surface area contributed by atoms with Crippen LogP contribution in [0, 0.1) is 2.88 Å². The highest BCUT2D eigenvalue weighted by molar-refractivity contribution is 14.1. The van der Waals surface area contributed by atoms with Gasteiger partial charge in [-0.3, -0.25) is 4.68 Å². The van der Waals surface area contributed by atoms with Gasteiger partial charge in [0.1, 0.15) is 0 Å². The number of fused-ring (bicyclic) bond motifs is 3. The molecule has 2 heterocycles. The molecule has 1 aromatic carbocycles. The third-order valence-corrected chi connectivity index (χ3v) is 4.60. The Bertz CT molecular complexity index is 768. The van der Waals surface area contributed by atoms with Crippen LogP contribution in [0.15, 0.2) is 29.5 Å². The molecule has 0 saturated heterocycles. The van der Waals surface area contributed by atoms with E-state index in [9.17, 15) is 0 Å². The van der Waals surface area contributed by atoms with Crippen molar-refractivity contribution in [3.8, 4) is 0 Å². The summed E-state index contributed by atoms with van der Waals surface area (Å²) in [6, 6.07) is 6.39. The molecule has 0 atom stereocenters. The topological polar surface area (TPSA) is 66.6 Å². The number of nitrogens with zero attached hydrogens (tertiary/aromatic N) is 5. The van der Waals surface area contributed by atoms with Gasteiger partial charge in [-0.05, 0) is 46.3 Å². The predicted molar refractivity (Wildman–Crippen MR) is 81.8 cm³/mol. The van der Waals surface area contributed by atoms with E-state index in [1.54, 1.807) is 11.3 Å². The lowest BCUT2D eigenvalue weighted by Gasteiger charge is -2.01. The van der Waals surface area contributed by atoms with E-state index in [-0.39, 0.29) is 0 Å². The summed E-state index contributed by atoms with van der Waals surface area (Å²) in [5.41, 5.74) is 9.44. The Balaban J connectivity index is 2.19. The molecule has 90 valence electrons. The fourth-order valence-corrected chi connectivity index (χ4v) is 3.83. The maximum Gasteiger partial charge on any atom is 0.0769 e. The molecule has 0 aliphatic rings. The van der Waals surface area contributed by atoms with Gasteiger partial charge in [-0.15, -0.1) is 11.3 Å². The average molecular weight is 369 g/mol. The number of rotatable bonds is 3. The van der Waals surface area contributed by atoms with Crippen LogP contribution < -0.4 is 0 Å². The Hall–Kier alpha value is -1.31. The lowest BCUT2D eigenvalue weighted by atomic mass is 10.2. The molecule has 0 saturated carbocycles. The molecule has 0 radical (unpaired) electrons. The van der Waals surface area contributed by atoms with E-state index in [1.807, 2.05) is 10.9 Å². The van der Waals surface area contributed by atoms with Crippen LogP contribution in [0.2, 0.25) is 0 Å². The molecule has 0 aliphatic heterocycles. The van der Waals surface area contributed by atoms with Gasteiger partial charge in [0.15, 0.2) is 0 Å². The van der Waals surface area contributed by atoms with E-state index < -0.39 is 0 Å². The summed E-state index contributed by atoms with van der Waals surface area (Å²) < 4.78 is 4.44. The minimum Gasteiger partial charge on any atom is -0.264 e. The van der Waals surface area contributed by atoms with Gasteiger partial charge in [0.05, 0.1) is 14.6 Å². The number of benzene rings is 1. The van der Waals surface area contributed by atoms with Gasteiger partial charge in [-0.25, -0.2) is 0 Å². The SMILES string of the molecule is [N-]=[N+]=NCCn1ncc2ccc3sc(I)cc3c21. The van der Waals surface area contributed by atoms with E-state index in [2.05, 4.69) is 55.9 Å². The van der Waals surface area contributed by atoms with Crippen molar-refractivity contribution in [2.24, 2.45) is 5.11 Å². The smallest absolute Gasteiger partial charge is 0.0769 e. The van der Waals surface area contributed by atoms with Crippen LogP contribution in [0.5, 0.6) is 0 Å². The van der Waals surface area contributed by atoms with Crippen molar-refractivity contribution in [2.75, 3.05) is 6.54 Å². The van der Waals surface area contributed by atoms with Gasteiger partial charge < -0.3 is 0 Å². The summed E-state index contributed by atoms with van der Waals surface area (Å²) in [7, 11) is 0. The number of azide groups is 1. The fourth-order valence-electron chi connectivity index (χ4n) is 2.02. The lowest BCUT2D eigenvalue weighted by molar-refractivity contribution is 0.646. The molecule has 3 rings (SSSR count). The second-order valence-electron chi connectivity index (χ2n) is 3.79. The van der Waals surface area contributed by atoms with Gasteiger partial charge in [0, 0.05) is 33.5 Å². The van der Waals surface area contributed by atoms with Crippen molar-refractivity contribution >= 4 is 54.9 Å². The van der Waals surface area contributed by atoms with Gasteiger partial charge in [0.2, 0.25) is 0 Å². The summed E-state index contributed by atoms with van der Waals surface area (Å²) in [5, 5.41) is 10.3. The van der Waals surface area contributed by atoms with E-state index in [4.69, 9.17) is 5.53 Å². The standard InChI is InChI=1S/C11H8IN5S/c12-10-5-8-9(18-10)2-1-7-6-15-17(11(7)8)4-3-14-16-13/h1-2,5-6H,3-4H2. The molecule has 0 N–H and O–H groups in total. The Morgan fingerprint density at radius 1 is 1.50 bits per heavy atom. The van der Waals surface area contributed by atoms with Crippen LogP contribution >= 0.6 is 33.9 Å². The summed E-state index contributed by atoms with van der Waals surface area (Å²) >= 11 is 4.10. The predicted octanol–water partition coefficient (Wildman–Crippen LogP) is 4.17. The maximum atomic E-state index is 8.31. The third kappa shape index (κ3) is 1.94. The molecule has 0 bridgehead atoms. The van der Waals surface area contributed by atoms with Crippen molar-refractivity contribution in [3.63, 3.8) is 0 Å². The molecule has 0 spiro atoms. The lowest BCUT2D eigenvalue weighted by Crippen LogP contribution is -2.02. The van der Waals surface area contributed by atoms with E-state index in [1.165, 1.54) is 13.0 Å². The van der Waals surface area contributed by atoms with Gasteiger partial charge in [0.25, 0.3) is 0 Å². The molecule has 0 unspecified atom stereocenters. The normalized spacial score (nSPS) is 10.9. The Morgan fingerprint density at radius 2 is 2.39 bits per heavy atom. The molecule has 5 nitrogen and oxygen atoms in total. The van der Waals surface area contributed by atoms with Crippen LogP contribution in [0.1, 0.15) is 0 Å². The van der Waals surface area contributed by atoms with E-state index in [0.29, 0.717) is 13.1 Å². The monoisotopic (exact) mass is 369 g/mol. The quantitative estimate of drug-likeness (QED) is 0.296. The van der Waals surface area contributed by atoms with Gasteiger partial charge >= 0.3 is 0 Å². The van der Waals surface area contributed by atoms with Crippen molar-refractivity contribution in [1.82, 2.24) is 9.78 Å². The van der Waals surface area contributed by atoms with Gasteiger partial charge in [-0.1, -0.05) is 5.11 Å². The van der Waals surface area contributed by atoms with Crippen LogP contribution in [-0.2, 0) is 6.54 Å². The highest BCUT2D eigenvalue weighted by atomic mass is 127. The number of aromatic nitrogens is 2. The van der Waals surface area contributed by atoms with Gasteiger partial charge in [-0.2, -0.15) is 5.10 Å². The van der Waals surface area contributed by atoms with Crippen LogP contribution in [-0.4, -0.2) is 16.3 Å². The summed E-state index contributed by atoms with van der Waals surface area (Å²) in [5.74, 6) is 0. The second-order valence-corrected chi connectivity index (χ2v) is 6.77. The highest BCUT2D eigenvalue weighted by Crippen LogP contribution is 2.32. The number of thiophene rings is 1. The van der Waals surface area contributed by atoms with E-state index in [0.717, 1.165) is 10.9 Å². The first-order chi connectivity index (χ1) is 8.79. The van der Waals surface area contributed by atoms with Crippen LogP contribution in [0.4, 0.5) is 0 Å². The maximum absolute atomic E-state index is 8.31. The zero-order valence-corrected chi connectivity index (χ0v) is 12.2. The van der Waals surface area contributed by atoms with Crippen molar-refractivity contribution in [3.05, 3.63) is 37.7 Å². The average Bonchev–Trinajstić information content (AvgIpc) is 2.91. The first-order valence-electron chi connectivity index (χ1n) is 5.34.